The molecule has 6 nitrogen and oxygen atoms in total. The zero-order chi connectivity index (χ0) is 24.1. The third-order valence-electron chi connectivity index (χ3n) is 6.87. The van der Waals surface area contributed by atoms with Gasteiger partial charge in [0, 0.05) is 18.0 Å². The molecule has 2 aromatic carbocycles. The molecule has 1 aliphatic rings. The van der Waals surface area contributed by atoms with Gasteiger partial charge in [-0.25, -0.2) is 0 Å². The summed E-state index contributed by atoms with van der Waals surface area (Å²) in [5, 5.41) is 24.6. The van der Waals surface area contributed by atoms with Gasteiger partial charge in [-0.15, -0.1) is 0 Å². The molecule has 4 N–H and O–H groups in total. The van der Waals surface area contributed by atoms with Crippen LogP contribution in [0, 0.1) is 11.8 Å². The Labute approximate surface area is 200 Å². The Kier molecular flexibility index (Phi) is 7.70. The fraction of sp³-hybridized carbons (Fsp3) is 0.393. The second-order valence-electron chi connectivity index (χ2n) is 9.43. The first kappa shape index (κ1) is 24.0. The van der Waals surface area contributed by atoms with E-state index in [1.54, 1.807) is 12.1 Å². The molecule has 6 heteroatoms. The third kappa shape index (κ3) is 5.88. The normalized spacial score (nSPS) is 15.8. The lowest BCUT2D eigenvalue weighted by Gasteiger charge is -2.33. The van der Waals surface area contributed by atoms with Crippen molar-refractivity contribution < 1.29 is 14.9 Å². The number of benzene rings is 2. The summed E-state index contributed by atoms with van der Waals surface area (Å²) in [4.78, 5) is 14.2. The van der Waals surface area contributed by atoms with E-state index in [-0.39, 0.29) is 11.3 Å². The molecule has 2 atom stereocenters. The van der Waals surface area contributed by atoms with E-state index < -0.39 is 6.10 Å². The first-order chi connectivity index (χ1) is 16.4. The van der Waals surface area contributed by atoms with Gasteiger partial charge in [-0.2, -0.15) is 0 Å². The fourth-order valence-corrected chi connectivity index (χ4v) is 4.57. The van der Waals surface area contributed by atoms with Crippen LogP contribution >= 0.6 is 0 Å². The molecule has 1 saturated carbocycles. The van der Waals surface area contributed by atoms with Crippen molar-refractivity contribution in [2.24, 2.45) is 11.8 Å². The number of phenols is 1. The van der Waals surface area contributed by atoms with E-state index in [0.717, 1.165) is 31.1 Å². The van der Waals surface area contributed by atoms with Gasteiger partial charge in [0.2, 0.25) is 5.56 Å². The van der Waals surface area contributed by atoms with Crippen LogP contribution in [0.15, 0.2) is 65.5 Å². The van der Waals surface area contributed by atoms with Crippen LogP contribution in [0.25, 0.3) is 10.9 Å². The molecule has 34 heavy (non-hydrogen) atoms. The van der Waals surface area contributed by atoms with Crippen molar-refractivity contribution >= 4 is 10.9 Å². The minimum Gasteiger partial charge on any atom is -0.506 e. The van der Waals surface area contributed by atoms with Gasteiger partial charge in [-0.3, -0.25) is 4.79 Å². The number of pyridine rings is 1. The summed E-state index contributed by atoms with van der Waals surface area (Å²) in [6, 6.07) is 14.4. The minimum absolute atomic E-state index is 0.0109. The zero-order valence-corrected chi connectivity index (χ0v) is 19.7. The number of nitrogens with one attached hydrogen (secondary N) is 2. The number of H-pyrrole nitrogens is 1. The number of aliphatic hydroxyl groups excluding tert-OH is 1. The molecule has 0 saturated heterocycles. The van der Waals surface area contributed by atoms with E-state index in [1.807, 2.05) is 12.1 Å². The Bertz CT molecular complexity index is 1180. The highest BCUT2D eigenvalue weighted by molar-refractivity contribution is 5.87. The van der Waals surface area contributed by atoms with E-state index in [0.29, 0.717) is 35.5 Å². The molecule has 0 aliphatic heterocycles. The Hall–Kier alpha value is -3.09. The molecule has 1 aliphatic carbocycles. The summed E-state index contributed by atoms with van der Waals surface area (Å²) in [7, 11) is 0. The summed E-state index contributed by atoms with van der Waals surface area (Å²) in [6.45, 7) is 8.15. The van der Waals surface area contributed by atoms with Crippen LogP contribution < -0.4 is 15.6 Å². The predicted octanol–water partition coefficient (Wildman–Crippen LogP) is 4.47. The standard InChI is InChI=1S/C28H34N2O4/c1-18-15-21(16-18)19(2)12-14-34-22-5-3-20(4-6-22)11-13-29-17-26(32)23-7-9-25(31)28-24(23)8-10-27(33)30-28/h3-10,19,21,26,29,31-32H,1,11-17H2,2H3,(H,30,33)/t19?,26-/m0/s1. The highest BCUT2D eigenvalue weighted by Crippen LogP contribution is 2.38. The molecule has 0 amide bonds. The quantitative estimate of drug-likeness (QED) is 0.249. The molecule has 1 heterocycles. The maximum Gasteiger partial charge on any atom is 0.248 e. The number of allylic oxidation sites excluding steroid dienone is 1. The molecule has 1 unspecified atom stereocenters. The van der Waals surface area contributed by atoms with Gasteiger partial charge in [-0.05, 0) is 79.5 Å². The van der Waals surface area contributed by atoms with E-state index in [2.05, 4.69) is 35.9 Å². The maximum absolute atomic E-state index is 11.6. The predicted molar refractivity (Wildman–Crippen MR) is 135 cm³/mol. The number of hydrogen-bond acceptors (Lipinski definition) is 5. The molecule has 180 valence electrons. The van der Waals surface area contributed by atoms with Gasteiger partial charge >= 0.3 is 0 Å². The largest absolute Gasteiger partial charge is 0.506 e. The van der Waals surface area contributed by atoms with Crippen LogP contribution in [0.2, 0.25) is 0 Å². The van der Waals surface area contributed by atoms with Gasteiger partial charge in [-0.1, -0.05) is 37.3 Å². The summed E-state index contributed by atoms with van der Waals surface area (Å²) < 4.78 is 5.92. The van der Waals surface area contributed by atoms with Crippen LogP contribution in [0.4, 0.5) is 0 Å². The van der Waals surface area contributed by atoms with Crippen molar-refractivity contribution in [3.8, 4) is 11.5 Å². The Morgan fingerprint density at radius 3 is 2.65 bits per heavy atom. The molecule has 0 bridgehead atoms. The molecular formula is C28H34N2O4. The van der Waals surface area contributed by atoms with Crippen molar-refractivity contribution in [3.63, 3.8) is 0 Å². The van der Waals surface area contributed by atoms with Crippen molar-refractivity contribution in [2.45, 2.75) is 38.7 Å². The van der Waals surface area contributed by atoms with Crippen LogP contribution in [-0.4, -0.2) is 34.9 Å². The van der Waals surface area contributed by atoms with Crippen molar-refractivity contribution in [2.75, 3.05) is 19.7 Å². The third-order valence-corrected chi connectivity index (χ3v) is 6.87. The second kappa shape index (κ2) is 10.9. The molecule has 1 fully saturated rings. The van der Waals surface area contributed by atoms with Crippen LogP contribution in [0.3, 0.4) is 0 Å². The lowest BCUT2D eigenvalue weighted by molar-refractivity contribution is 0.176. The van der Waals surface area contributed by atoms with E-state index in [4.69, 9.17) is 4.74 Å². The second-order valence-corrected chi connectivity index (χ2v) is 9.43. The highest BCUT2D eigenvalue weighted by atomic mass is 16.5. The van der Waals surface area contributed by atoms with Crippen molar-refractivity contribution in [3.05, 3.63) is 82.2 Å². The number of fused-ring (bicyclic) bond motifs is 1. The minimum atomic E-state index is -0.759. The number of phenolic OH excluding ortho intramolecular Hbond substituents is 1. The number of aromatic amines is 1. The number of aliphatic hydroxyl groups is 1. The Morgan fingerprint density at radius 1 is 1.15 bits per heavy atom. The smallest absolute Gasteiger partial charge is 0.248 e. The lowest BCUT2D eigenvalue weighted by atomic mass is 9.73. The summed E-state index contributed by atoms with van der Waals surface area (Å²) >= 11 is 0. The summed E-state index contributed by atoms with van der Waals surface area (Å²) in [5.74, 6) is 2.34. The number of rotatable bonds is 11. The van der Waals surface area contributed by atoms with Gasteiger partial charge < -0.3 is 25.3 Å². The van der Waals surface area contributed by atoms with Crippen LogP contribution in [0.1, 0.15) is 43.4 Å². The Balaban J connectivity index is 1.20. The lowest BCUT2D eigenvalue weighted by Crippen LogP contribution is -2.24. The van der Waals surface area contributed by atoms with E-state index >= 15 is 0 Å². The Morgan fingerprint density at radius 2 is 1.91 bits per heavy atom. The van der Waals surface area contributed by atoms with Crippen molar-refractivity contribution in [1.82, 2.24) is 10.3 Å². The molecule has 0 spiro atoms. The number of ether oxygens (including phenoxy) is 1. The molecule has 0 radical (unpaired) electrons. The van der Waals surface area contributed by atoms with Crippen molar-refractivity contribution in [1.29, 1.82) is 0 Å². The first-order valence-corrected chi connectivity index (χ1v) is 12.0. The topological polar surface area (TPSA) is 94.6 Å². The summed E-state index contributed by atoms with van der Waals surface area (Å²) in [6.07, 6.45) is 3.49. The molecule has 4 rings (SSSR count). The average molecular weight is 463 g/mol. The van der Waals surface area contributed by atoms with Gasteiger partial charge in [0.1, 0.15) is 11.5 Å². The maximum atomic E-state index is 11.6. The zero-order valence-electron chi connectivity index (χ0n) is 19.7. The summed E-state index contributed by atoms with van der Waals surface area (Å²) in [5.41, 5.74) is 3.29. The van der Waals surface area contributed by atoms with Gasteiger partial charge in [0.15, 0.2) is 0 Å². The molecule has 3 aromatic rings. The number of aromatic hydroxyl groups is 1. The number of aromatic nitrogens is 1. The van der Waals surface area contributed by atoms with Gasteiger partial charge in [0.05, 0.1) is 18.2 Å². The van der Waals surface area contributed by atoms with Gasteiger partial charge in [0.25, 0.3) is 0 Å². The fourth-order valence-electron chi connectivity index (χ4n) is 4.57. The highest BCUT2D eigenvalue weighted by Gasteiger charge is 2.26. The first-order valence-electron chi connectivity index (χ1n) is 12.0. The van der Waals surface area contributed by atoms with Crippen LogP contribution in [-0.2, 0) is 6.42 Å². The van der Waals surface area contributed by atoms with E-state index in [9.17, 15) is 15.0 Å². The van der Waals surface area contributed by atoms with Crippen LogP contribution in [0.5, 0.6) is 11.5 Å². The molecular weight excluding hydrogens is 428 g/mol. The SMILES string of the molecule is C=C1CC(C(C)CCOc2ccc(CCNC[C@H](O)c3ccc(O)c4[nH]c(=O)ccc34)cc2)C1. The molecule has 1 aromatic heterocycles. The van der Waals surface area contributed by atoms with E-state index in [1.165, 1.54) is 36.1 Å². The number of hydrogen-bond donors (Lipinski definition) is 4. The average Bonchev–Trinajstić information content (AvgIpc) is 2.81. The monoisotopic (exact) mass is 462 g/mol.